The molecule has 0 aliphatic carbocycles. The van der Waals surface area contributed by atoms with Crippen molar-refractivity contribution >= 4 is 23.2 Å². The average Bonchev–Trinajstić information content (AvgIpc) is 2.20. The normalized spacial score (nSPS) is 10.1. The van der Waals surface area contributed by atoms with Crippen molar-refractivity contribution in [2.45, 2.75) is 19.8 Å². The van der Waals surface area contributed by atoms with Crippen molar-refractivity contribution < 1.29 is 9.18 Å². The molecule has 0 fully saturated rings. The summed E-state index contributed by atoms with van der Waals surface area (Å²) in [4.78, 5) is 11.3. The van der Waals surface area contributed by atoms with Gasteiger partial charge in [-0.15, -0.1) is 11.6 Å². The van der Waals surface area contributed by atoms with Crippen LogP contribution >= 0.6 is 11.6 Å². The second kappa shape index (κ2) is 5.71. The molecule has 82 valence electrons. The topological polar surface area (TPSA) is 29.1 Å². The maximum Gasteiger partial charge on any atom is 0.224 e. The Labute approximate surface area is 93.4 Å². The van der Waals surface area contributed by atoms with Crippen molar-refractivity contribution in [2.75, 3.05) is 11.2 Å². The Morgan fingerprint density at radius 1 is 1.53 bits per heavy atom. The fourth-order valence-electron chi connectivity index (χ4n) is 1.17. The quantitative estimate of drug-likeness (QED) is 0.790. The number of amides is 1. The number of anilines is 1. The smallest absolute Gasteiger partial charge is 0.224 e. The van der Waals surface area contributed by atoms with Crippen LogP contribution in [0.15, 0.2) is 18.2 Å². The third-order valence-electron chi connectivity index (χ3n) is 2.01. The molecule has 0 aliphatic heterocycles. The van der Waals surface area contributed by atoms with E-state index in [-0.39, 0.29) is 11.7 Å². The van der Waals surface area contributed by atoms with Crippen LogP contribution in [-0.2, 0) is 4.79 Å². The predicted molar refractivity (Wildman–Crippen MR) is 59.7 cm³/mol. The highest BCUT2D eigenvalue weighted by atomic mass is 35.5. The third-order valence-corrected chi connectivity index (χ3v) is 2.28. The monoisotopic (exact) mass is 229 g/mol. The van der Waals surface area contributed by atoms with Crippen molar-refractivity contribution in [2.24, 2.45) is 0 Å². The van der Waals surface area contributed by atoms with Gasteiger partial charge in [-0.05, 0) is 31.0 Å². The molecular weight excluding hydrogens is 217 g/mol. The van der Waals surface area contributed by atoms with Crippen LogP contribution in [0.4, 0.5) is 10.1 Å². The zero-order valence-electron chi connectivity index (χ0n) is 8.52. The minimum absolute atomic E-state index is 0.135. The van der Waals surface area contributed by atoms with E-state index in [1.165, 1.54) is 12.1 Å². The van der Waals surface area contributed by atoms with Crippen molar-refractivity contribution in [1.82, 2.24) is 0 Å². The number of hydrogen-bond acceptors (Lipinski definition) is 1. The minimum Gasteiger partial charge on any atom is -0.326 e. The molecule has 0 aliphatic rings. The molecule has 1 aromatic carbocycles. The molecule has 1 N–H and O–H groups in total. The summed E-state index contributed by atoms with van der Waals surface area (Å²) in [6, 6.07) is 4.31. The Kier molecular flexibility index (Phi) is 4.56. The molecule has 15 heavy (non-hydrogen) atoms. The van der Waals surface area contributed by atoms with Gasteiger partial charge in [0.1, 0.15) is 5.82 Å². The molecule has 0 spiro atoms. The first-order chi connectivity index (χ1) is 7.13. The molecule has 1 aromatic rings. The van der Waals surface area contributed by atoms with Gasteiger partial charge in [0.15, 0.2) is 0 Å². The zero-order valence-corrected chi connectivity index (χ0v) is 9.27. The van der Waals surface area contributed by atoms with Crippen molar-refractivity contribution in [3.8, 4) is 0 Å². The van der Waals surface area contributed by atoms with Crippen LogP contribution in [-0.4, -0.2) is 11.8 Å². The van der Waals surface area contributed by atoms with Gasteiger partial charge in [0.2, 0.25) is 5.91 Å². The Morgan fingerprint density at radius 2 is 2.27 bits per heavy atom. The van der Waals surface area contributed by atoms with E-state index in [0.717, 1.165) is 5.56 Å². The van der Waals surface area contributed by atoms with Crippen LogP contribution in [0.3, 0.4) is 0 Å². The molecule has 0 aromatic heterocycles. The van der Waals surface area contributed by atoms with Gasteiger partial charge in [-0.3, -0.25) is 4.79 Å². The molecule has 1 rings (SSSR count). The highest BCUT2D eigenvalue weighted by Crippen LogP contribution is 2.16. The van der Waals surface area contributed by atoms with Gasteiger partial charge in [0, 0.05) is 18.0 Å². The average molecular weight is 230 g/mol. The maximum atomic E-state index is 12.9. The van der Waals surface area contributed by atoms with Crippen LogP contribution < -0.4 is 5.32 Å². The first-order valence-electron chi connectivity index (χ1n) is 4.75. The van der Waals surface area contributed by atoms with Gasteiger partial charge in [0.25, 0.3) is 0 Å². The van der Waals surface area contributed by atoms with Crippen LogP contribution in [0, 0.1) is 12.7 Å². The second-order valence-corrected chi connectivity index (χ2v) is 3.68. The first kappa shape index (κ1) is 12.0. The summed E-state index contributed by atoms with van der Waals surface area (Å²) in [5, 5.41) is 2.65. The molecule has 0 unspecified atom stereocenters. The van der Waals surface area contributed by atoms with E-state index in [2.05, 4.69) is 5.32 Å². The number of aryl methyl sites for hydroxylation is 1. The Hall–Kier alpha value is -1.09. The number of carbonyl (C=O) groups is 1. The predicted octanol–water partition coefficient (Wildman–Crippen LogP) is 3.09. The molecule has 0 radical (unpaired) electrons. The molecule has 0 heterocycles. The molecule has 0 saturated carbocycles. The summed E-state index contributed by atoms with van der Waals surface area (Å²) in [5.41, 5.74) is 1.37. The number of benzene rings is 1. The van der Waals surface area contributed by atoms with Crippen LogP contribution in [0.1, 0.15) is 18.4 Å². The van der Waals surface area contributed by atoms with E-state index in [0.29, 0.717) is 24.4 Å². The fraction of sp³-hybridized carbons (Fsp3) is 0.364. The maximum absolute atomic E-state index is 12.9. The number of carbonyl (C=O) groups excluding carboxylic acids is 1. The lowest BCUT2D eigenvalue weighted by Gasteiger charge is -2.07. The summed E-state index contributed by atoms with van der Waals surface area (Å²) in [6.45, 7) is 1.82. The first-order valence-corrected chi connectivity index (χ1v) is 5.29. The summed E-state index contributed by atoms with van der Waals surface area (Å²) < 4.78 is 12.9. The number of hydrogen-bond donors (Lipinski definition) is 1. The molecule has 0 bridgehead atoms. The molecule has 0 atom stereocenters. The largest absolute Gasteiger partial charge is 0.326 e. The van der Waals surface area contributed by atoms with E-state index in [1.807, 2.05) is 6.92 Å². The van der Waals surface area contributed by atoms with Crippen molar-refractivity contribution in [3.05, 3.63) is 29.6 Å². The van der Waals surface area contributed by atoms with E-state index in [4.69, 9.17) is 11.6 Å². The molecule has 2 nitrogen and oxygen atoms in total. The summed E-state index contributed by atoms with van der Waals surface area (Å²) in [6.07, 6.45) is 0.987. The van der Waals surface area contributed by atoms with Gasteiger partial charge in [-0.2, -0.15) is 0 Å². The molecular formula is C11H13ClFNO. The highest BCUT2D eigenvalue weighted by molar-refractivity contribution is 6.18. The molecule has 1 amide bonds. The lowest BCUT2D eigenvalue weighted by Crippen LogP contribution is -2.12. The van der Waals surface area contributed by atoms with Crippen LogP contribution in [0.2, 0.25) is 0 Å². The number of rotatable bonds is 4. The van der Waals surface area contributed by atoms with Crippen LogP contribution in [0.5, 0.6) is 0 Å². The summed E-state index contributed by atoms with van der Waals surface area (Å²) in [7, 11) is 0. The van der Waals surface area contributed by atoms with Gasteiger partial charge >= 0.3 is 0 Å². The number of halogens is 2. The molecule has 4 heteroatoms. The van der Waals surface area contributed by atoms with Gasteiger partial charge < -0.3 is 5.32 Å². The summed E-state index contributed by atoms with van der Waals surface area (Å²) in [5.74, 6) is -0.0344. The Bertz CT molecular complexity index is 354. The van der Waals surface area contributed by atoms with Gasteiger partial charge in [0.05, 0.1) is 0 Å². The van der Waals surface area contributed by atoms with E-state index in [1.54, 1.807) is 6.07 Å². The summed E-state index contributed by atoms with van der Waals surface area (Å²) >= 11 is 5.47. The van der Waals surface area contributed by atoms with E-state index in [9.17, 15) is 9.18 Å². The van der Waals surface area contributed by atoms with Gasteiger partial charge in [-0.1, -0.05) is 6.07 Å². The number of nitrogens with one attached hydrogen (secondary N) is 1. The van der Waals surface area contributed by atoms with Crippen molar-refractivity contribution in [1.29, 1.82) is 0 Å². The van der Waals surface area contributed by atoms with Crippen LogP contribution in [0.25, 0.3) is 0 Å². The number of alkyl halides is 1. The minimum atomic E-state index is -0.353. The SMILES string of the molecule is Cc1ccc(F)cc1NC(=O)CCCCl. The lowest BCUT2D eigenvalue weighted by atomic mass is 10.2. The second-order valence-electron chi connectivity index (χ2n) is 3.30. The molecule has 0 saturated heterocycles. The van der Waals surface area contributed by atoms with E-state index < -0.39 is 0 Å². The lowest BCUT2D eigenvalue weighted by molar-refractivity contribution is -0.116. The van der Waals surface area contributed by atoms with Gasteiger partial charge in [-0.25, -0.2) is 4.39 Å². The van der Waals surface area contributed by atoms with E-state index >= 15 is 0 Å². The Balaban J connectivity index is 2.63. The third kappa shape index (κ3) is 3.88. The Morgan fingerprint density at radius 3 is 2.93 bits per heavy atom. The van der Waals surface area contributed by atoms with Crippen molar-refractivity contribution in [3.63, 3.8) is 0 Å². The highest BCUT2D eigenvalue weighted by Gasteiger charge is 2.05. The fourth-order valence-corrected chi connectivity index (χ4v) is 1.30. The zero-order chi connectivity index (χ0) is 11.3. The standard InChI is InChI=1S/C11H13ClFNO/c1-8-4-5-9(13)7-10(8)14-11(15)3-2-6-12/h4-5,7H,2-3,6H2,1H3,(H,14,15).